The fourth-order valence-corrected chi connectivity index (χ4v) is 0.421. The average molecular weight is 108 g/mol. The van der Waals surface area contributed by atoms with Crippen molar-refractivity contribution in [2.45, 2.75) is 6.54 Å². The summed E-state index contributed by atoms with van der Waals surface area (Å²) < 4.78 is 0. The molecule has 1 radical (unpaired) electrons. The number of hydrogen-bond donors (Lipinski definition) is 0. The van der Waals surface area contributed by atoms with E-state index in [4.69, 9.17) is 5.73 Å². The van der Waals surface area contributed by atoms with E-state index >= 15 is 0 Å². The van der Waals surface area contributed by atoms with Crippen LogP contribution in [0, 0.1) is 0 Å². The third kappa shape index (κ3) is 1.01. The predicted molar refractivity (Wildman–Crippen MR) is 28.8 cm³/mol. The zero-order chi connectivity index (χ0) is 5.82. The Labute approximate surface area is 47.6 Å². The summed E-state index contributed by atoms with van der Waals surface area (Å²) in [6.07, 6.45) is 4.74. The summed E-state index contributed by atoms with van der Waals surface area (Å²) in [5.41, 5.74) is 7.72. The van der Waals surface area contributed by atoms with E-state index in [2.05, 4.69) is 9.97 Å². The van der Waals surface area contributed by atoms with E-state index in [1.807, 2.05) is 0 Å². The molecule has 0 aromatic carbocycles. The topological polar surface area (TPSA) is 49.6 Å². The van der Waals surface area contributed by atoms with E-state index in [1.54, 1.807) is 12.4 Å². The van der Waals surface area contributed by atoms with Gasteiger partial charge in [0.2, 0.25) is 0 Å². The maximum Gasteiger partial charge on any atom is 0.115 e. The summed E-state index contributed by atoms with van der Waals surface area (Å²) in [7, 11) is 0. The molecule has 1 N–H and O–H groups in total. The Morgan fingerprint density at radius 3 is 2.38 bits per heavy atom. The van der Waals surface area contributed by atoms with Crippen LogP contribution in [0.5, 0.6) is 0 Å². The van der Waals surface area contributed by atoms with Crippen molar-refractivity contribution >= 4 is 0 Å². The summed E-state index contributed by atoms with van der Waals surface area (Å²) in [4.78, 5) is 7.45. The normalized spacial score (nSPS) is 9.12. The van der Waals surface area contributed by atoms with Crippen LogP contribution in [0.25, 0.3) is 0 Å². The van der Waals surface area contributed by atoms with Crippen LogP contribution in [0.4, 0.5) is 0 Å². The zero-order valence-corrected chi connectivity index (χ0v) is 4.33. The van der Waals surface area contributed by atoms with Gasteiger partial charge in [0, 0.05) is 24.5 Å². The summed E-state index contributed by atoms with van der Waals surface area (Å²) in [5, 5.41) is 0. The summed E-state index contributed by atoms with van der Waals surface area (Å²) in [6, 6.07) is 0. The van der Waals surface area contributed by atoms with Crippen molar-refractivity contribution < 1.29 is 0 Å². The lowest BCUT2D eigenvalue weighted by atomic mass is 10.4. The summed E-state index contributed by atoms with van der Waals surface area (Å²) >= 11 is 0. The first-order valence-electron chi connectivity index (χ1n) is 2.32. The predicted octanol–water partition coefficient (Wildman–Crippen LogP) is 0.260. The van der Waals surface area contributed by atoms with Gasteiger partial charge in [-0.3, -0.25) is 5.73 Å². The quantitative estimate of drug-likeness (QED) is 0.518. The molecule has 0 amide bonds. The van der Waals surface area contributed by atoms with Crippen LogP contribution in [-0.2, 0) is 6.54 Å². The van der Waals surface area contributed by atoms with Crippen LogP contribution in [0.1, 0.15) is 5.56 Å². The molecule has 0 bridgehead atoms. The Balaban J connectivity index is 2.83. The van der Waals surface area contributed by atoms with Gasteiger partial charge >= 0.3 is 0 Å². The van der Waals surface area contributed by atoms with Crippen molar-refractivity contribution in [3.8, 4) is 0 Å². The molecule has 0 aliphatic heterocycles. The van der Waals surface area contributed by atoms with E-state index in [1.165, 1.54) is 6.33 Å². The largest absolute Gasteiger partial charge is 0.253 e. The van der Waals surface area contributed by atoms with Crippen LogP contribution >= 0.6 is 0 Å². The Hall–Kier alpha value is -0.960. The Kier molecular flexibility index (Phi) is 1.54. The molecule has 0 unspecified atom stereocenters. The fourth-order valence-electron chi connectivity index (χ4n) is 0.421. The lowest BCUT2D eigenvalue weighted by Gasteiger charge is -1.87. The molecular formula is C5H6N3. The van der Waals surface area contributed by atoms with Crippen molar-refractivity contribution in [2.75, 3.05) is 0 Å². The van der Waals surface area contributed by atoms with Gasteiger partial charge in [-0.2, -0.15) is 0 Å². The van der Waals surface area contributed by atoms with Crippen molar-refractivity contribution in [3.05, 3.63) is 24.3 Å². The fraction of sp³-hybridized carbons (Fsp3) is 0.200. The zero-order valence-electron chi connectivity index (χ0n) is 4.33. The second-order valence-electron chi connectivity index (χ2n) is 1.42. The highest BCUT2D eigenvalue weighted by molar-refractivity contribution is 5.00. The van der Waals surface area contributed by atoms with E-state index < -0.39 is 0 Å². The molecule has 3 heteroatoms. The first-order chi connectivity index (χ1) is 3.93. The number of hydrogen-bond acceptors (Lipinski definition) is 2. The minimum absolute atomic E-state index is 0.265. The summed E-state index contributed by atoms with van der Waals surface area (Å²) in [6.45, 7) is 0.265. The highest BCUT2D eigenvalue weighted by Gasteiger charge is 1.83. The van der Waals surface area contributed by atoms with Crippen LogP contribution in [-0.4, -0.2) is 9.97 Å². The molecule has 0 aliphatic rings. The van der Waals surface area contributed by atoms with E-state index in [9.17, 15) is 0 Å². The minimum Gasteiger partial charge on any atom is -0.253 e. The first-order valence-corrected chi connectivity index (χ1v) is 2.32. The second kappa shape index (κ2) is 2.37. The van der Waals surface area contributed by atoms with Gasteiger partial charge in [-0.15, -0.1) is 0 Å². The Bertz CT molecular complexity index is 149. The van der Waals surface area contributed by atoms with Gasteiger partial charge in [0.25, 0.3) is 0 Å². The molecule has 0 fully saturated rings. The minimum atomic E-state index is 0.265. The molecule has 1 aromatic rings. The molecule has 0 aliphatic carbocycles. The first kappa shape index (κ1) is 5.18. The van der Waals surface area contributed by atoms with Gasteiger partial charge in [0.15, 0.2) is 0 Å². The van der Waals surface area contributed by atoms with Gasteiger partial charge in [-0.25, -0.2) is 9.97 Å². The lowest BCUT2D eigenvalue weighted by molar-refractivity contribution is 0.979. The van der Waals surface area contributed by atoms with E-state index in [0.717, 1.165) is 5.56 Å². The summed E-state index contributed by atoms with van der Waals surface area (Å²) in [5.74, 6) is 0. The highest BCUT2D eigenvalue weighted by atomic mass is 14.8. The second-order valence-corrected chi connectivity index (χ2v) is 1.42. The third-order valence-electron chi connectivity index (χ3n) is 0.818. The molecule has 0 saturated carbocycles. The standard InChI is InChI=1S/C5H6N3/c6-1-5-2-7-4-8-3-5/h2-4,6H,1H2. The number of aromatic nitrogens is 2. The molecule has 0 atom stereocenters. The molecule has 1 aromatic heterocycles. The van der Waals surface area contributed by atoms with Crippen molar-refractivity contribution in [1.82, 2.24) is 15.7 Å². The maximum atomic E-state index is 6.86. The smallest absolute Gasteiger partial charge is 0.115 e. The molecular weight excluding hydrogens is 102 g/mol. The van der Waals surface area contributed by atoms with Crippen molar-refractivity contribution in [2.24, 2.45) is 0 Å². The maximum absolute atomic E-state index is 6.86. The Morgan fingerprint density at radius 1 is 1.38 bits per heavy atom. The molecule has 3 nitrogen and oxygen atoms in total. The van der Waals surface area contributed by atoms with E-state index in [0.29, 0.717) is 0 Å². The van der Waals surface area contributed by atoms with Crippen LogP contribution in [0.2, 0.25) is 0 Å². The number of rotatable bonds is 1. The third-order valence-corrected chi connectivity index (χ3v) is 0.818. The average Bonchev–Trinajstić information content (AvgIpc) is 1.90. The Morgan fingerprint density at radius 2 is 2.00 bits per heavy atom. The van der Waals surface area contributed by atoms with Crippen molar-refractivity contribution in [1.29, 1.82) is 0 Å². The molecule has 41 valence electrons. The van der Waals surface area contributed by atoms with Gasteiger partial charge < -0.3 is 0 Å². The van der Waals surface area contributed by atoms with Gasteiger partial charge in [0.1, 0.15) is 6.33 Å². The van der Waals surface area contributed by atoms with Crippen LogP contribution < -0.4 is 5.73 Å². The molecule has 1 rings (SSSR count). The number of nitrogens with zero attached hydrogens (tertiary/aromatic N) is 2. The van der Waals surface area contributed by atoms with Crippen LogP contribution in [0.3, 0.4) is 0 Å². The van der Waals surface area contributed by atoms with Crippen LogP contribution in [0.15, 0.2) is 18.7 Å². The molecule has 0 spiro atoms. The van der Waals surface area contributed by atoms with E-state index in [-0.39, 0.29) is 6.54 Å². The van der Waals surface area contributed by atoms with Crippen molar-refractivity contribution in [3.63, 3.8) is 0 Å². The molecule has 8 heavy (non-hydrogen) atoms. The highest BCUT2D eigenvalue weighted by Crippen LogP contribution is 1.88. The van der Waals surface area contributed by atoms with Gasteiger partial charge in [-0.05, 0) is 0 Å². The number of nitrogens with one attached hydrogen (secondary N) is 1. The molecule has 0 saturated heterocycles. The monoisotopic (exact) mass is 108 g/mol. The molecule has 1 heterocycles. The van der Waals surface area contributed by atoms with Gasteiger partial charge in [-0.1, -0.05) is 0 Å². The van der Waals surface area contributed by atoms with Gasteiger partial charge in [0.05, 0.1) is 0 Å². The lowest BCUT2D eigenvalue weighted by Crippen LogP contribution is -1.86. The SMILES string of the molecule is [NH]Cc1cncnc1.